The maximum Gasteiger partial charge on any atom is 0.349 e. The summed E-state index contributed by atoms with van der Waals surface area (Å²) in [5.74, 6) is 0.810. The second-order valence-corrected chi connectivity index (χ2v) is 8.37. The quantitative estimate of drug-likeness (QED) is 0.447. The van der Waals surface area contributed by atoms with Gasteiger partial charge in [0, 0.05) is 21.4 Å². The number of halogens is 1. The van der Waals surface area contributed by atoms with Crippen LogP contribution in [0.15, 0.2) is 61.4 Å². The van der Waals surface area contributed by atoms with Crippen molar-refractivity contribution in [3.63, 3.8) is 0 Å². The Morgan fingerprint density at radius 3 is 2.82 bits per heavy atom. The number of carbonyl (C=O) groups excluding carboxylic acids is 1. The zero-order valence-electron chi connectivity index (χ0n) is 15.0. The molecule has 2 heterocycles. The van der Waals surface area contributed by atoms with Crippen molar-refractivity contribution in [1.82, 2.24) is 9.55 Å². The van der Waals surface area contributed by atoms with Gasteiger partial charge >= 0.3 is 5.69 Å². The number of nitrogens with zero attached hydrogens (tertiary/aromatic N) is 2. The van der Waals surface area contributed by atoms with Crippen molar-refractivity contribution in [3.05, 3.63) is 74.6 Å². The molecule has 28 heavy (non-hydrogen) atoms. The monoisotopic (exact) mass is 459 g/mol. The molecule has 1 amide bonds. The SMILES string of the molecule is O=C(CSc1nc(=O)n(Cc2ccco2)c2c1CCC2)Nc1ccc(Br)cc1. The fourth-order valence-electron chi connectivity index (χ4n) is 3.29. The van der Waals surface area contributed by atoms with Crippen LogP contribution in [-0.2, 0) is 24.2 Å². The molecule has 8 heteroatoms. The zero-order valence-corrected chi connectivity index (χ0v) is 17.4. The van der Waals surface area contributed by atoms with Gasteiger partial charge in [0.15, 0.2) is 0 Å². The number of thioether (sulfide) groups is 1. The number of benzene rings is 1. The summed E-state index contributed by atoms with van der Waals surface area (Å²) < 4.78 is 8.02. The molecule has 0 radical (unpaired) electrons. The molecule has 2 aromatic heterocycles. The van der Waals surface area contributed by atoms with Crippen LogP contribution in [0.1, 0.15) is 23.4 Å². The van der Waals surface area contributed by atoms with Crippen LogP contribution in [0, 0.1) is 0 Å². The molecule has 4 rings (SSSR count). The molecule has 144 valence electrons. The van der Waals surface area contributed by atoms with Gasteiger partial charge in [0.1, 0.15) is 10.8 Å². The Kier molecular flexibility index (Phi) is 5.68. The molecule has 0 aliphatic heterocycles. The van der Waals surface area contributed by atoms with Crippen LogP contribution in [0.3, 0.4) is 0 Å². The summed E-state index contributed by atoms with van der Waals surface area (Å²) in [4.78, 5) is 29.1. The third-order valence-electron chi connectivity index (χ3n) is 4.56. The fourth-order valence-corrected chi connectivity index (χ4v) is 4.43. The molecule has 1 aliphatic carbocycles. The van der Waals surface area contributed by atoms with Crippen LogP contribution < -0.4 is 11.0 Å². The first-order valence-electron chi connectivity index (χ1n) is 8.93. The minimum atomic E-state index is -0.298. The summed E-state index contributed by atoms with van der Waals surface area (Å²) >= 11 is 4.69. The van der Waals surface area contributed by atoms with Crippen LogP contribution in [0.25, 0.3) is 0 Å². The van der Waals surface area contributed by atoms with Crippen LogP contribution in [0.2, 0.25) is 0 Å². The van der Waals surface area contributed by atoms with E-state index in [-0.39, 0.29) is 17.3 Å². The number of carbonyl (C=O) groups is 1. The number of furan rings is 1. The summed E-state index contributed by atoms with van der Waals surface area (Å²) in [6, 6.07) is 11.1. The fraction of sp³-hybridized carbons (Fsp3) is 0.250. The Bertz CT molecular complexity index is 1050. The predicted octanol–water partition coefficient (Wildman–Crippen LogP) is 3.87. The van der Waals surface area contributed by atoms with Crippen LogP contribution in [0.5, 0.6) is 0 Å². The third-order valence-corrected chi connectivity index (χ3v) is 6.11. The van der Waals surface area contributed by atoms with Gasteiger partial charge in [0.05, 0.1) is 18.6 Å². The number of fused-ring (bicyclic) bond motifs is 1. The van der Waals surface area contributed by atoms with Gasteiger partial charge in [0.2, 0.25) is 5.91 Å². The predicted molar refractivity (Wildman–Crippen MR) is 112 cm³/mol. The van der Waals surface area contributed by atoms with Crippen molar-refractivity contribution >= 4 is 39.3 Å². The van der Waals surface area contributed by atoms with Crippen molar-refractivity contribution in [2.45, 2.75) is 30.8 Å². The van der Waals surface area contributed by atoms with Gasteiger partial charge in [-0.1, -0.05) is 27.7 Å². The average molecular weight is 460 g/mol. The number of hydrogen-bond acceptors (Lipinski definition) is 5. The van der Waals surface area contributed by atoms with E-state index in [1.54, 1.807) is 10.8 Å². The molecule has 0 saturated heterocycles. The van der Waals surface area contributed by atoms with Gasteiger partial charge in [-0.05, 0) is 55.7 Å². The topological polar surface area (TPSA) is 77.1 Å². The lowest BCUT2D eigenvalue weighted by molar-refractivity contribution is -0.113. The Morgan fingerprint density at radius 1 is 1.25 bits per heavy atom. The van der Waals surface area contributed by atoms with Crippen LogP contribution >= 0.6 is 27.7 Å². The second-order valence-electron chi connectivity index (χ2n) is 6.49. The lowest BCUT2D eigenvalue weighted by Gasteiger charge is -2.13. The number of hydrogen-bond donors (Lipinski definition) is 1. The van der Waals surface area contributed by atoms with Gasteiger partial charge in [0.25, 0.3) is 0 Å². The van der Waals surface area contributed by atoms with Gasteiger partial charge in [-0.15, -0.1) is 0 Å². The van der Waals surface area contributed by atoms with E-state index in [2.05, 4.69) is 26.2 Å². The Hall–Kier alpha value is -2.32. The first-order valence-corrected chi connectivity index (χ1v) is 10.7. The van der Waals surface area contributed by atoms with E-state index in [9.17, 15) is 9.59 Å². The second kappa shape index (κ2) is 8.36. The van der Waals surface area contributed by atoms with Gasteiger partial charge in [-0.3, -0.25) is 9.36 Å². The summed E-state index contributed by atoms with van der Waals surface area (Å²) in [5, 5.41) is 3.52. The Balaban J connectivity index is 1.48. The van der Waals surface area contributed by atoms with Crippen molar-refractivity contribution < 1.29 is 9.21 Å². The normalized spacial score (nSPS) is 12.8. The first kappa shape index (κ1) is 19.0. The van der Waals surface area contributed by atoms with Gasteiger partial charge in [-0.2, -0.15) is 4.98 Å². The lowest BCUT2D eigenvalue weighted by atomic mass is 10.2. The van der Waals surface area contributed by atoms with Crippen molar-refractivity contribution in [1.29, 1.82) is 0 Å². The summed E-state index contributed by atoms with van der Waals surface area (Å²) in [7, 11) is 0. The molecule has 1 N–H and O–H groups in total. The molecule has 6 nitrogen and oxygen atoms in total. The molecule has 0 atom stereocenters. The molecular formula is C20H18BrN3O3S. The molecule has 0 unspecified atom stereocenters. The molecule has 0 fully saturated rings. The van der Waals surface area contributed by atoms with Crippen LogP contribution in [-0.4, -0.2) is 21.2 Å². The van der Waals surface area contributed by atoms with Gasteiger partial charge in [-0.25, -0.2) is 4.79 Å². The standard InChI is InChI=1S/C20H18BrN3O3S/c21-13-6-8-14(9-7-13)22-18(25)12-28-19-16-4-1-5-17(16)24(20(26)23-19)11-15-3-2-10-27-15/h2-3,6-10H,1,4-5,11-12H2,(H,22,25). The number of aromatic nitrogens is 2. The Morgan fingerprint density at radius 2 is 2.07 bits per heavy atom. The molecule has 0 bridgehead atoms. The highest BCUT2D eigenvalue weighted by molar-refractivity contribution is 9.10. The molecule has 0 spiro atoms. The van der Waals surface area contributed by atoms with E-state index in [1.165, 1.54) is 11.8 Å². The number of amides is 1. The summed E-state index contributed by atoms with van der Waals surface area (Å²) in [5.41, 5.74) is 2.52. The van der Waals surface area contributed by atoms with E-state index in [4.69, 9.17) is 4.42 Å². The summed E-state index contributed by atoms with van der Waals surface area (Å²) in [6.45, 7) is 0.385. The van der Waals surface area contributed by atoms with E-state index in [1.807, 2.05) is 36.4 Å². The molecular weight excluding hydrogens is 442 g/mol. The maximum absolute atomic E-state index is 12.6. The van der Waals surface area contributed by atoms with Crippen molar-refractivity contribution in [2.24, 2.45) is 0 Å². The lowest BCUT2D eigenvalue weighted by Crippen LogP contribution is -2.28. The van der Waals surface area contributed by atoms with Crippen molar-refractivity contribution in [2.75, 3.05) is 11.1 Å². The zero-order chi connectivity index (χ0) is 19.5. The first-order chi connectivity index (χ1) is 13.6. The molecule has 0 saturated carbocycles. The van der Waals surface area contributed by atoms with E-state index >= 15 is 0 Å². The number of nitrogens with one attached hydrogen (secondary N) is 1. The highest BCUT2D eigenvalue weighted by Gasteiger charge is 2.23. The van der Waals surface area contributed by atoms with E-state index in [0.717, 1.165) is 46.4 Å². The van der Waals surface area contributed by atoms with Crippen molar-refractivity contribution in [3.8, 4) is 0 Å². The molecule has 3 aromatic rings. The summed E-state index contributed by atoms with van der Waals surface area (Å²) in [6.07, 6.45) is 4.30. The van der Waals surface area contributed by atoms with Gasteiger partial charge < -0.3 is 9.73 Å². The highest BCUT2D eigenvalue weighted by Crippen LogP contribution is 2.29. The maximum atomic E-state index is 12.6. The smallest absolute Gasteiger partial charge is 0.349 e. The third kappa shape index (κ3) is 4.23. The van der Waals surface area contributed by atoms with E-state index < -0.39 is 0 Å². The Labute approximate surface area is 174 Å². The molecule has 1 aliphatic rings. The molecule has 1 aromatic carbocycles. The largest absolute Gasteiger partial charge is 0.467 e. The minimum Gasteiger partial charge on any atom is -0.467 e. The van der Waals surface area contributed by atoms with Crippen LogP contribution in [0.4, 0.5) is 5.69 Å². The number of rotatable bonds is 6. The van der Waals surface area contributed by atoms with E-state index in [0.29, 0.717) is 11.6 Å². The minimum absolute atomic E-state index is 0.124. The average Bonchev–Trinajstić information content (AvgIpc) is 3.36. The number of anilines is 1. The highest BCUT2D eigenvalue weighted by atomic mass is 79.9.